The number of fused-ring (bicyclic) bond motifs is 3. The maximum atomic E-state index is 13.8. The summed E-state index contributed by atoms with van der Waals surface area (Å²) < 4.78 is 49.1. The number of hydrogen-bond acceptors (Lipinski definition) is 16. The molecule has 0 saturated carbocycles. The summed E-state index contributed by atoms with van der Waals surface area (Å²) in [4.78, 5) is 52.9. The maximum Gasteiger partial charge on any atom is 0.508 e. The van der Waals surface area contributed by atoms with Crippen molar-refractivity contribution in [2.45, 2.75) is 62.4 Å². The van der Waals surface area contributed by atoms with E-state index in [1.165, 1.54) is 32.2 Å². The fourth-order valence-electron chi connectivity index (χ4n) is 6.18. The number of carbonyl (C=O) groups excluding carboxylic acids is 4. The van der Waals surface area contributed by atoms with Gasteiger partial charge in [-0.2, -0.15) is 0 Å². The molecule has 1 saturated heterocycles. The summed E-state index contributed by atoms with van der Waals surface area (Å²) in [6.07, 6.45) is -6.35. The highest BCUT2D eigenvalue weighted by Gasteiger charge is 2.50. The summed E-state index contributed by atoms with van der Waals surface area (Å²) in [5, 5.41) is 45.1. The van der Waals surface area contributed by atoms with E-state index in [4.69, 9.17) is 24.7 Å². The van der Waals surface area contributed by atoms with Crippen LogP contribution in [0.15, 0.2) is 18.2 Å². The van der Waals surface area contributed by atoms with Gasteiger partial charge in [0.05, 0.1) is 47.9 Å². The van der Waals surface area contributed by atoms with Gasteiger partial charge >= 0.3 is 6.16 Å². The van der Waals surface area contributed by atoms with Gasteiger partial charge in [-0.3, -0.25) is 14.4 Å². The van der Waals surface area contributed by atoms with Crippen LogP contribution in [0.5, 0.6) is 17.2 Å². The van der Waals surface area contributed by atoms with Crippen molar-refractivity contribution in [1.29, 1.82) is 0 Å². The molecule has 2 aromatic rings. The molecule has 260 valence electrons. The van der Waals surface area contributed by atoms with E-state index in [2.05, 4.69) is 4.74 Å². The number of aliphatic hydroxyl groups excluding tert-OH is 1. The molecule has 0 unspecified atom stereocenters. The third-order valence-electron chi connectivity index (χ3n) is 8.66. The lowest BCUT2D eigenvalue weighted by molar-refractivity contribution is -0.247. The molecule has 1 heterocycles. The maximum absolute atomic E-state index is 13.8. The smallest absolute Gasteiger partial charge is 0.507 e. The topological polar surface area (TPSA) is 256 Å². The fraction of sp³-hybridized carbons (Fsp3) is 0.484. The highest BCUT2D eigenvalue weighted by molar-refractivity contribution is 7.90. The first-order valence-corrected chi connectivity index (χ1v) is 16.9. The van der Waals surface area contributed by atoms with Crippen LogP contribution in [0.3, 0.4) is 0 Å². The molecule has 0 bridgehead atoms. The van der Waals surface area contributed by atoms with E-state index in [0.717, 1.165) is 6.26 Å². The number of rotatable bonds is 9. The van der Waals surface area contributed by atoms with Crippen molar-refractivity contribution in [3.8, 4) is 17.2 Å². The summed E-state index contributed by atoms with van der Waals surface area (Å²) in [5.41, 5.74) is 1.73. The van der Waals surface area contributed by atoms with Crippen LogP contribution in [0.25, 0.3) is 0 Å². The molecule has 0 aromatic heterocycles. The Kier molecular flexibility index (Phi) is 9.57. The molecule has 0 radical (unpaired) electrons. The number of ether oxygens (including phenoxy) is 5. The van der Waals surface area contributed by atoms with Crippen molar-refractivity contribution in [2.75, 3.05) is 32.3 Å². The Bertz CT molecular complexity index is 1780. The first-order valence-electron chi connectivity index (χ1n) is 14.8. The SMILES string of the molecule is COc1cccc2c1C(=O)c1c(O)c3c(c(O)c1C2=O)C[C@@](O)(C(=O)COC(=O)OCCS(C)(=O)=O)C[C@@H]3O[C@H]1C[C@H](N)[C@H](O)[C@H](C)O1. The number of phenolic OH excluding ortho intramolecular Hbond substituents is 2. The number of methoxy groups -OCH3 is 1. The zero-order valence-corrected chi connectivity index (χ0v) is 26.9. The van der Waals surface area contributed by atoms with Crippen LogP contribution in [0.4, 0.5) is 4.79 Å². The number of benzene rings is 2. The molecular weight excluding hydrogens is 658 g/mol. The van der Waals surface area contributed by atoms with E-state index in [-0.39, 0.29) is 34.4 Å². The Labute approximate surface area is 274 Å². The minimum Gasteiger partial charge on any atom is -0.507 e. The van der Waals surface area contributed by atoms with E-state index >= 15 is 0 Å². The number of ketones is 3. The van der Waals surface area contributed by atoms with E-state index in [0.29, 0.717) is 0 Å². The van der Waals surface area contributed by atoms with Crippen molar-refractivity contribution in [3.63, 3.8) is 0 Å². The number of Topliss-reactive ketones (excluding diaryl/α,β-unsaturated/α-hetero) is 1. The lowest BCUT2D eigenvalue weighted by Crippen LogP contribution is -2.53. The number of aliphatic hydroxyl groups is 2. The van der Waals surface area contributed by atoms with Gasteiger partial charge < -0.3 is 49.8 Å². The van der Waals surface area contributed by atoms with Gasteiger partial charge in [0.25, 0.3) is 0 Å². The Hall–Kier alpha value is -4.13. The third-order valence-corrected chi connectivity index (χ3v) is 9.57. The highest BCUT2D eigenvalue weighted by atomic mass is 32.2. The van der Waals surface area contributed by atoms with E-state index in [1.54, 1.807) is 0 Å². The number of nitrogens with two attached hydrogens (primary N) is 1. The zero-order valence-electron chi connectivity index (χ0n) is 26.1. The molecule has 6 atom stereocenters. The molecule has 3 aliphatic rings. The fourth-order valence-corrected chi connectivity index (χ4v) is 6.57. The van der Waals surface area contributed by atoms with Gasteiger partial charge in [-0.05, 0) is 13.0 Å². The zero-order chi connectivity index (χ0) is 35.3. The largest absolute Gasteiger partial charge is 0.508 e. The number of hydrogen-bond donors (Lipinski definition) is 5. The number of sulfone groups is 1. The second kappa shape index (κ2) is 13.1. The number of carbonyl (C=O) groups is 4. The van der Waals surface area contributed by atoms with Crippen molar-refractivity contribution in [1.82, 2.24) is 0 Å². The van der Waals surface area contributed by atoms with E-state index in [1.807, 2.05) is 0 Å². The van der Waals surface area contributed by atoms with Crippen LogP contribution in [-0.4, -0.2) is 115 Å². The Balaban J connectivity index is 1.54. The van der Waals surface area contributed by atoms with Gasteiger partial charge in [-0.1, -0.05) is 12.1 Å². The van der Waals surface area contributed by atoms with Crippen LogP contribution >= 0.6 is 0 Å². The summed E-state index contributed by atoms with van der Waals surface area (Å²) in [6.45, 7) is -0.0570. The predicted octanol–water partition coefficient (Wildman–Crippen LogP) is 0.207. The summed E-state index contributed by atoms with van der Waals surface area (Å²) in [6, 6.07) is 3.45. The van der Waals surface area contributed by atoms with Gasteiger partial charge in [0.2, 0.25) is 11.6 Å². The lowest BCUT2D eigenvalue weighted by Gasteiger charge is -2.42. The first kappa shape index (κ1) is 35.2. The average Bonchev–Trinajstić information content (AvgIpc) is 3.01. The van der Waals surface area contributed by atoms with Crippen LogP contribution in [-0.2, 0) is 40.0 Å². The van der Waals surface area contributed by atoms with Crippen LogP contribution < -0.4 is 10.5 Å². The third kappa shape index (κ3) is 6.48. The minimum atomic E-state index is -3.46. The molecule has 0 amide bonds. The van der Waals surface area contributed by atoms with Crippen LogP contribution in [0.1, 0.15) is 68.8 Å². The van der Waals surface area contributed by atoms with Gasteiger partial charge in [-0.15, -0.1) is 0 Å². The van der Waals surface area contributed by atoms with Crippen LogP contribution in [0.2, 0.25) is 0 Å². The Morgan fingerprint density at radius 3 is 2.42 bits per heavy atom. The summed E-state index contributed by atoms with van der Waals surface area (Å²) in [7, 11) is -2.17. The minimum absolute atomic E-state index is 0.0490. The molecule has 16 nitrogen and oxygen atoms in total. The van der Waals surface area contributed by atoms with Crippen molar-refractivity contribution in [3.05, 3.63) is 51.6 Å². The molecule has 1 aliphatic heterocycles. The second-order valence-corrected chi connectivity index (χ2v) is 14.3. The number of phenols is 2. The molecule has 2 aliphatic carbocycles. The number of aromatic hydroxyl groups is 2. The molecule has 2 aromatic carbocycles. The summed E-state index contributed by atoms with van der Waals surface area (Å²) in [5.74, 6) is -4.75. The molecule has 1 fully saturated rings. The highest BCUT2D eigenvalue weighted by Crippen LogP contribution is 2.52. The molecule has 48 heavy (non-hydrogen) atoms. The molecule has 17 heteroatoms. The van der Waals surface area contributed by atoms with E-state index < -0.39 is 124 Å². The van der Waals surface area contributed by atoms with Crippen molar-refractivity contribution >= 4 is 33.3 Å². The normalized spacial score (nSPS) is 26.6. The summed E-state index contributed by atoms with van der Waals surface area (Å²) >= 11 is 0. The van der Waals surface area contributed by atoms with Gasteiger partial charge in [0.15, 0.2) is 28.5 Å². The molecule has 6 N–H and O–H groups in total. The molecule has 5 rings (SSSR count). The molecule has 0 spiro atoms. The predicted molar refractivity (Wildman–Crippen MR) is 162 cm³/mol. The van der Waals surface area contributed by atoms with Gasteiger partial charge in [0.1, 0.15) is 29.5 Å². The van der Waals surface area contributed by atoms with Crippen molar-refractivity contribution < 1.29 is 71.7 Å². The van der Waals surface area contributed by atoms with Gasteiger partial charge in [-0.25, -0.2) is 13.2 Å². The average molecular weight is 694 g/mol. The second-order valence-electron chi connectivity index (χ2n) is 12.0. The van der Waals surface area contributed by atoms with Gasteiger partial charge in [0, 0.05) is 48.3 Å². The monoisotopic (exact) mass is 693 g/mol. The Morgan fingerprint density at radius 2 is 1.77 bits per heavy atom. The first-order chi connectivity index (χ1) is 22.5. The van der Waals surface area contributed by atoms with E-state index in [9.17, 15) is 48.0 Å². The lowest BCUT2D eigenvalue weighted by atomic mass is 9.72. The standard InChI is InChI=1S/C31H35NO15S/c1-13-25(34)16(32)9-20(46-13)47-18-11-31(40,19(33)12-45-30(39)44-7-8-48(3,41)42)10-15-22(18)29(38)24-23(27(15)36)26(35)14-5-4-6-17(43-2)21(14)28(24)37/h4-6,13,16,18,20,25,34,36,38,40H,7-12,32H2,1-3H3/t13-,16-,18-,20-,25+,31-/m0/s1. The Morgan fingerprint density at radius 1 is 1.08 bits per heavy atom. The molecular formula is C31H35NO15S. The van der Waals surface area contributed by atoms with Crippen LogP contribution in [0, 0.1) is 0 Å². The van der Waals surface area contributed by atoms with Crippen molar-refractivity contribution in [2.24, 2.45) is 5.73 Å². The quantitative estimate of drug-likeness (QED) is 0.148.